The first kappa shape index (κ1) is 13.7. The van der Waals surface area contributed by atoms with E-state index < -0.39 is 0 Å². The van der Waals surface area contributed by atoms with Crippen molar-refractivity contribution >= 4 is 5.69 Å². The molecule has 0 bridgehead atoms. The largest absolute Gasteiger partial charge is 0.378 e. The fourth-order valence-electron chi connectivity index (χ4n) is 3.67. The van der Waals surface area contributed by atoms with Gasteiger partial charge in [0.15, 0.2) is 0 Å². The Morgan fingerprint density at radius 3 is 2.77 bits per heavy atom. The molecule has 4 rings (SSSR count). The zero-order chi connectivity index (χ0) is 15.1. The number of hydrogen-bond donors (Lipinski definition) is 1. The van der Waals surface area contributed by atoms with Crippen LogP contribution in [0.3, 0.4) is 0 Å². The molecular weight excluding hydrogens is 284 g/mol. The van der Waals surface area contributed by atoms with Gasteiger partial charge in [-0.3, -0.25) is 0 Å². The van der Waals surface area contributed by atoms with E-state index in [2.05, 4.69) is 5.32 Å². The molecule has 0 aliphatic carbocycles. The highest BCUT2D eigenvalue weighted by Crippen LogP contribution is 2.49. The first-order valence-electron chi connectivity index (χ1n) is 7.65. The molecule has 1 fully saturated rings. The fourth-order valence-corrected chi connectivity index (χ4v) is 3.67. The van der Waals surface area contributed by atoms with Crippen molar-refractivity contribution in [3.8, 4) is 0 Å². The van der Waals surface area contributed by atoms with Crippen LogP contribution in [0, 0.1) is 17.6 Å². The van der Waals surface area contributed by atoms with Gasteiger partial charge < -0.3 is 10.1 Å². The molecule has 0 aromatic heterocycles. The lowest BCUT2D eigenvalue weighted by atomic mass is 9.77. The molecule has 3 atom stereocenters. The van der Waals surface area contributed by atoms with Gasteiger partial charge in [-0.25, -0.2) is 8.78 Å². The average Bonchev–Trinajstić information content (AvgIpc) is 2.54. The van der Waals surface area contributed by atoms with Crippen LogP contribution in [-0.2, 0) is 4.74 Å². The van der Waals surface area contributed by atoms with Crippen molar-refractivity contribution in [3.05, 3.63) is 65.2 Å². The molecule has 0 spiro atoms. The van der Waals surface area contributed by atoms with E-state index in [4.69, 9.17) is 4.74 Å². The maximum Gasteiger partial charge on any atom is 0.123 e. The summed E-state index contributed by atoms with van der Waals surface area (Å²) < 4.78 is 33.1. The lowest BCUT2D eigenvalue weighted by Gasteiger charge is -2.43. The van der Waals surface area contributed by atoms with E-state index in [-0.39, 0.29) is 29.7 Å². The minimum absolute atomic E-state index is 0.0149. The van der Waals surface area contributed by atoms with Crippen molar-refractivity contribution in [2.45, 2.75) is 25.0 Å². The monoisotopic (exact) mass is 301 g/mol. The van der Waals surface area contributed by atoms with Gasteiger partial charge in [-0.05, 0) is 48.7 Å². The van der Waals surface area contributed by atoms with Crippen LogP contribution in [0.5, 0.6) is 0 Å². The van der Waals surface area contributed by atoms with Crippen molar-refractivity contribution in [2.24, 2.45) is 5.92 Å². The predicted molar refractivity (Wildman–Crippen MR) is 80.6 cm³/mol. The second-order valence-electron chi connectivity index (χ2n) is 6.01. The molecule has 114 valence electrons. The normalized spacial score (nSPS) is 26.7. The molecule has 0 amide bonds. The van der Waals surface area contributed by atoms with Crippen LogP contribution in [0.15, 0.2) is 42.5 Å². The molecule has 2 unspecified atom stereocenters. The van der Waals surface area contributed by atoms with E-state index in [0.29, 0.717) is 6.61 Å². The Kier molecular flexibility index (Phi) is 3.34. The summed E-state index contributed by atoms with van der Waals surface area (Å²) in [5.41, 5.74) is 2.66. The van der Waals surface area contributed by atoms with Gasteiger partial charge in [0.1, 0.15) is 11.6 Å². The molecule has 1 N–H and O–H groups in total. The third-order valence-electron chi connectivity index (χ3n) is 4.64. The first-order chi connectivity index (χ1) is 10.7. The van der Waals surface area contributed by atoms with Gasteiger partial charge in [-0.15, -0.1) is 0 Å². The second kappa shape index (κ2) is 5.36. The Bertz CT molecular complexity index is 703. The number of halogens is 2. The maximum atomic E-state index is 13.6. The average molecular weight is 301 g/mol. The van der Waals surface area contributed by atoms with Crippen LogP contribution in [0.25, 0.3) is 0 Å². The van der Waals surface area contributed by atoms with Crippen LogP contribution < -0.4 is 5.32 Å². The molecule has 2 aromatic carbocycles. The summed E-state index contributed by atoms with van der Waals surface area (Å²) in [6.45, 7) is 0.687. The van der Waals surface area contributed by atoms with Gasteiger partial charge in [0.05, 0.1) is 12.1 Å². The maximum absolute atomic E-state index is 13.6. The van der Waals surface area contributed by atoms with Gasteiger partial charge in [-0.1, -0.05) is 12.1 Å². The summed E-state index contributed by atoms with van der Waals surface area (Å²) in [5, 5.41) is 3.45. The summed E-state index contributed by atoms with van der Waals surface area (Å²) in [4.78, 5) is 0. The van der Waals surface area contributed by atoms with Crippen LogP contribution in [0.2, 0.25) is 0 Å². The Morgan fingerprint density at radius 2 is 1.91 bits per heavy atom. The molecule has 0 saturated carbocycles. The minimum Gasteiger partial charge on any atom is -0.378 e. The summed E-state index contributed by atoms with van der Waals surface area (Å²) >= 11 is 0. The van der Waals surface area contributed by atoms with Crippen LogP contribution in [-0.4, -0.2) is 6.61 Å². The number of ether oxygens (including phenoxy) is 1. The van der Waals surface area contributed by atoms with E-state index in [0.717, 1.165) is 29.7 Å². The smallest absolute Gasteiger partial charge is 0.123 e. The lowest BCUT2D eigenvalue weighted by molar-refractivity contribution is -0.0383. The zero-order valence-electron chi connectivity index (χ0n) is 12.1. The van der Waals surface area contributed by atoms with Gasteiger partial charge in [0.25, 0.3) is 0 Å². The number of benzene rings is 2. The summed E-state index contributed by atoms with van der Waals surface area (Å²) in [7, 11) is 0. The molecule has 2 nitrogen and oxygen atoms in total. The number of nitrogens with one attached hydrogen (secondary N) is 1. The summed E-state index contributed by atoms with van der Waals surface area (Å²) in [5.74, 6) is -0.306. The van der Waals surface area contributed by atoms with Gasteiger partial charge >= 0.3 is 0 Å². The highest BCUT2D eigenvalue weighted by Gasteiger charge is 2.39. The Hall–Kier alpha value is -1.94. The summed E-state index contributed by atoms with van der Waals surface area (Å²) in [6, 6.07) is 11.4. The third-order valence-corrected chi connectivity index (χ3v) is 4.64. The van der Waals surface area contributed by atoms with Gasteiger partial charge in [0, 0.05) is 23.8 Å². The third kappa shape index (κ3) is 2.28. The topological polar surface area (TPSA) is 21.3 Å². The number of anilines is 1. The molecule has 4 heteroatoms. The van der Waals surface area contributed by atoms with Gasteiger partial charge in [0.2, 0.25) is 0 Å². The molecule has 22 heavy (non-hydrogen) atoms. The first-order valence-corrected chi connectivity index (χ1v) is 7.65. The zero-order valence-corrected chi connectivity index (χ0v) is 12.1. The number of hydrogen-bond acceptors (Lipinski definition) is 2. The SMILES string of the molecule is Fc1cccc(C2Nc3ccc(F)cc3C3OCCC[C@H]23)c1. The van der Waals surface area contributed by atoms with E-state index in [1.165, 1.54) is 12.1 Å². The molecule has 2 aromatic rings. The van der Waals surface area contributed by atoms with Crippen LogP contribution in [0.4, 0.5) is 14.5 Å². The minimum atomic E-state index is -0.252. The van der Waals surface area contributed by atoms with E-state index in [1.54, 1.807) is 24.3 Å². The highest BCUT2D eigenvalue weighted by atomic mass is 19.1. The van der Waals surface area contributed by atoms with Crippen molar-refractivity contribution in [1.29, 1.82) is 0 Å². The summed E-state index contributed by atoms with van der Waals surface area (Å²) in [6.07, 6.45) is 1.82. The van der Waals surface area contributed by atoms with Crippen molar-refractivity contribution < 1.29 is 13.5 Å². The second-order valence-corrected chi connectivity index (χ2v) is 6.01. The number of fused-ring (bicyclic) bond motifs is 3. The molecule has 2 aliphatic heterocycles. The van der Waals surface area contributed by atoms with Crippen molar-refractivity contribution in [2.75, 3.05) is 11.9 Å². The van der Waals surface area contributed by atoms with E-state index in [9.17, 15) is 8.78 Å². The molecule has 2 heterocycles. The predicted octanol–water partition coefficient (Wildman–Crippen LogP) is 4.60. The quantitative estimate of drug-likeness (QED) is 0.831. The fraction of sp³-hybridized carbons (Fsp3) is 0.333. The number of rotatable bonds is 1. The van der Waals surface area contributed by atoms with E-state index >= 15 is 0 Å². The lowest BCUT2D eigenvalue weighted by Crippen LogP contribution is -2.36. The molecule has 0 radical (unpaired) electrons. The standard InChI is InChI=1S/C18H17F2NO/c19-12-4-1-3-11(9-12)17-14-5-2-8-22-18(14)15-10-13(20)6-7-16(15)21-17/h1,3-4,6-7,9-10,14,17-18,21H,2,5,8H2/t14-,17?,18?/m1/s1. The highest BCUT2D eigenvalue weighted by molar-refractivity contribution is 5.57. The van der Waals surface area contributed by atoms with Gasteiger partial charge in [-0.2, -0.15) is 0 Å². The molecule has 1 saturated heterocycles. The van der Waals surface area contributed by atoms with E-state index in [1.807, 2.05) is 6.07 Å². The molecular formula is C18H17F2NO. The Balaban J connectivity index is 1.79. The van der Waals surface area contributed by atoms with Crippen molar-refractivity contribution in [1.82, 2.24) is 0 Å². The van der Waals surface area contributed by atoms with Crippen LogP contribution in [0.1, 0.15) is 36.1 Å². The van der Waals surface area contributed by atoms with Crippen molar-refractivity contribution in [3.63, 3.8) is 0 Å². The van der Waals surface area contributed by atoms with Crippen LogP contribution >= 0.6 is 0 Å². The molecule has 2 aliphatic rings. The Labute approximate surface area is 128 Å². The Morgan fingerprint density at radius 1 is 1.05 bits per heavy atom.